The van der Waals surface area contributed by atoms with Gasteiger partial charge in [0.15, 0.2) is 5.16 Å². The Morgan fingerprint density at radius 1 is 1.30 bits per heavy atom. The normalized spacial score (nSPS) is 10.8. The van der Waals surface area contributed by atoms with Crippen molar-refractivity contribution in [1.82, 2.24) is 15.0 Å². The molecule has 1 aromatic carbocycles. The third-order valence-corrected chi connectivity index (χ3v) is 3.84. The van der Waals surface area contributed by atoms with Crippen molar-refractivity contribution >= 4 is 28.2 Å². The van der Waals surface area contributed by atoms with Crippen molar-refractivity contribution in [2.45, 2.75) is 17.0 Å². The van der Waals surface area contributed by atoms with Gasteiger partial charge >= 0.3 is 0 Å². The summed E-state index contributed by atoms with van der Waals surface area (Å²) in [5.74, 6) is 0. The zero-order valence-electron chi connectivity index (χ0n) is 10.8. The molecule has 0 fully saturated rings. The topological polar surface area (TPSA) is 84.7 Å². The largest absolute Gasteiger partial charge is 0.397 e. The summed E-state index contributed by atoms with van der Waals surface area (Å²) in [6, 6.07) is 7.20. The smallest absolute Gasteiger partial charge is 0.251 e. The molecule has 0 aliphatic carbocycles. The highest BCUT2D eigenvalue weighted by molar-refractivity contribution is 7.99. The summed E-state index contributed by atoms with van der Waals surface area (Å²) < 4.78 is 0. The zero-order chi connectivity index (χ0) is 14.1. The van der Waals surface area contributed by atoms with Gasteiger partial charge in [0.05, 0.1) is 5.69 Å². The minimum atomic E-state index is -0.163. The van der Waals surface area contributed by atoms with Crippen LogP contribution in [0.4, 0.5) is 5.69 Å². The van der Waals surface area contributed by atoms with E-state index in [9.17, 15) is 4.79 Å². The van der Waals surface area contributed by atoms with Gasteiger partial charge in [-0.2, -0.15) is 0 Å². The molecule has 100 valence electrons. The fourth-order valence-electron chi connectivity index (χ4n) is 1.97. The van der Waals surface area contributed by atoms with Gasteiger partial charge in [-0.25, -0.2) is 4.98 Å². The zero-order valence-corrected chi connectivity index (χ0v) is 11.6. The maximum atomic E-state index is 11.5. The number of hydrogen-bond acceptors (Lipinski definition) is 5. The first-order valence-corrected chi connectivity index (χ1v) is 6.83. The Labute approximate surface area is 119 Å². The molecule has 0 saturated heterocycles. The van der Waals surface area contributed by atoms with Crippen LogP contribution in [0.15, 0.2) is 51.5 Å². The molecule has 3 aromatic rings. The molecule has 0 aliphatic heterocycles. The molecule has 2 heterocycles. The third-order valence-electron chi connectivity index (χ3n) is 2.88. The molecule has 0 spiro atoms. The van der Waals surface area contributed by atoms with Gasteiger partial charge in [0.1, 0.15) is 0 Å². The van der Waals surface area contributed by atoms with E-state index in [2.05, 4.69) is 15.0 Å². The molecule has 0 unspecified atom stereocenters. The van der Waals surface area contributed by atoms with Gasteiger partial charge in [0.25, 0.3) is 5.56 Å². The lowest BCUT2D eigenvalue weighted by atomic mass is 10.1. The standard InChI is InChI=1S/C14H12N4OS/c1-8-6-12(19)18-14(17-8)20-11-3-2-9-7-16-5-4-10(9)13(11)15/h2-7H,15H2,1H3,(H,17,18,19). The van der Waals surface area contributed by atoms with E-state index in [0.717, 1.165) is 15.7 Å². The second-order valence-electron chi connectivity index (χ2n) is 4.37. The highest BCUT2D eigenvalue weighted by atomic mass is 32.2. The van der Waals surface area contributed by atoms with Crippen molar-refractivity contribution in [3.05, 3.63) is 52.7 Å². The Hall–Kier alpha value is -2.34. The molecular weight excluding hydrogens is 272 g/mol. The number of anilines is 1. The summed E-state index contributed by atoms with van der Waals surface area (Å²) in [6.45, 7) is 1.79. The second-order valence-corrected chi connectivity index (χ2v) is 5.40. The van der Waals surface area contributed by atoms with Crippen molar-refractivity contribution in [3.63, 3.8) is 0 Å². The van der Waals surface area contributed by atoms with Crippen molar-refractivity contribution in [3.8, 4) is 0 Å². The lowest BCUT2D eigenvalue weighted by Gasteiger charge is -2.08. The molecule has 3 N–H and O–H groups in total. The third kappa shape index (κ3) is 2.37. The van der Waals surface area contributed by atoms with Gasteiger partial charge in [0, 0.05) is 39.8 Å². The number of hydrogen-bond donors (Lipinski definition) is 2. The molecular formula is C14H12N4OS. The van der Waals surface area contributed by atoms with Gasteiger partial charge in [-0.05, 0) is 30.8 Å². The summed E-state index contributed by atoms with van der Waals surface area (Å²) >= 11 is 1.35. The lowest BCUT2D eigenvalue weighted by Crippen LogP contribution is -2.08. The van der Waals surface area contributed by atoms with E-state index in [1.54, 1.807) is 19.3 Å². The first kappa shape index (κ1) is 12.7. The summed E-state index contributed by atoms with van der Waals surface area (Å²) in [6.07, 6.45) is 3.48. The number of nitrogens with two attached hydrogens (primary N) is 1. The number of aryl methyl sites for hydroxylation is 1. The van der Waals surface area contributed by atoms with E-state index < -0.39 is 0 Å². The molecule has 6 heteroatoms. The van der Waals surface area contributed by atoms with Crippen molar-refractivity contribution in [1.29, 1.82) is 0 Å². The lowest BCUT2D eigenvalue weighted by molar-refractivity contribution is 0.905. The number of pyridine rings is 1. The van der Waals surface area contributed by atoms with E-state index in [-0.39, 0.29) is 5.56 Å². The molecule has 0 amide bonds. The fourth-order valence-corrected chi connectivity index (χ4v) is 2.87. The summed E-state index contributed by atoms with van der Waals surface area (Å²) in [5.41, 5.74) is 7.36. The quantitative estimate of drug-likeness (QED) is 0.557. The Bertz CT molecular complexity index is 844. The van der Waals surface area contributed by atoms with Crippen LogP contribution in [0.2, 0.25) is 0 Å². The van der Waals surface area contributed by atoms with Gasteiger partial charge in [-0.15, -0.1) is 0 Å². The Kier molecular flexibility index (Phi) is 3.15. The number of aromatic nitrogens is 3. The number of benzene rings is 1. The van der Waals surface area contributed by atoms with E-state index in [1.165, 1.54) is 17.8 Å². The SMILES string of the molecule is Cc1cc(=O)[nH]c(Sc2ccc3cnccc3c2N)n1. The number of nitrogens with zero attached hydrogens (tertiary/aromatic N) is 2. The van der Waals surface area contributed by atoms with Crippen LogP contribution in [0, 0.1) is 6.92 Å². The van der Waals surface area contributed by atoms with Crippen LogP contribution >= 0.6 is 11.8 Å². The fraction of sp³-hybridized carbons (Fsp3) is 0.0714. The molecule has 2 aromatic heterocycles. The monoisotopic (exact) mass is 284 g/mol. The first-order valence-electron chi connectivity index (χ1n) is 6.01. The van der Waals surface area contributed by atoms with Gasteiger partial charge in [-0.1, -0.05) is 6.07 Å². The first-order chi connectivity index (χ1) is 9.63. The molecule has 0 radical (unpaired) electrons. The van der Waals surface area contributed by atoms with Crippen molar-refractivity contribution in [2.75, 3.05) is 5.73 Å². The minimum Gasteiger partial charge on any atom is -0.397 e. The van der Waals surface area contributed by atoms with Gasteiger partial charge in [-0.3, -0.25) is 9.78 Å². The van der Waals surface area contributed by atoms with Crippen LogP contribution < -0.4 is 11.3 Å². The average molecular weight is 284 g/mol. The number of H-pyrrole nitrogens is 1. The Morgan fingerprint density at radius 2 is 2.15 bits per heavy atom. The van der Waals surface area contributed by atoms with E-state index in [1.807, 2.05) is 18.2 Å². The number of nitrogens with one attached hydrogen (secondary N) is 1. The number of aromatic amines is 1. The van der Waals surface area contributed by atoms with E-state index in [4.69, 9.17) is 5.73 Å². The van der Waals surface area contributed by atoms with Crippen LogP contribution in [0.25, 0.3) is 10.8 Å². The molecule has 20 heavy (non-hydrogen) atoms. The summed E-state index contributed by atoms with van der Waals surface area (Å²) in [7, 11) is 0. The molecule has 0 bridgehead atoms. The van der Waals surface area contributed by atoms with Crippen molar-refractivity contribution in [2.24, 2.45) is 0 Å². The Balaban J connectivity index is 2.06. The highest BCUT2D eigenvalue weighted by Crippen LogP contribution is 2.34. The molecule has 0 atom stereocenters. The number of rotatable bonds is 2. The van der Waals surface area contributed by atoms with Crippen LogP contribution in [0.5, 0.6) is 0 Å². The minimum absolute atomic E-state index is 0.163. The van der Waals surface area contributed by atoms with E-state index >= 15 is 0 Å². The second kappa shape index (κ2) is 4.97. The number of nitrogen functional groups attached to an aromatic ring is 1. The van der Waals surface area contributed by atoms with Crippen molar-refractivity contribution < 1.29 is 0 Å². The molecule has 3 rings (SSSR count). The Morgan fingerprint density at radius 3 is 2.95 bits per heavy atom. The van der Waals surface area contributed by atoms with Crippen LogP contribution in [0.3, 0.4) is 0 Å². The summed E-state index contributed by atoms with van der Waals surface area (Å²) in [4.78, 5) is 23.4. The predicted octanol–water partition coefficient (Wildman–Crippen LogP) is 2.36. The van der Waals surface area contributed by atoms with Crippen LogP contribution in [-0.4, -0.2) is 15.0 Å². The van der Waals surface area contributed by atoms with Crippen LogP contribution in [0.1, 0.15) is 5.69 Å². The molecule has 0 aliphatic rings. The average Bonchev–Trinajstić information content (AvgIpc) is 2.41. The van der Waals surface area contributed by atoms with Crippen LogP contribution in [-0.2, 0) is 0 Å². The van der Waals surface area contributed by atoms with Gasteiger partial charge in [0.2, 0.25) is 0 Å². The maximum Gasteiger partial charge on any atom is 0.251 e. The molecule has 0 saturated carbocycles. The predicted molar refractivity (Wildman–Crippen MR) is 79.9 cm³/mol. The summed E-state index contributed by atoms with van der Waals surface area (Å²) in [5, 5.41) is 2.47. The molecule has 5 nitrogen and oxygen atoms in total. The highest BCUT2D eigenvalue weighted by Gasteiger charge is 2.08. The number of fused-ring (bicyclic) bond motifs is 1. The van der Waals surface area contributed by atoms with E-state index in [0.29, 0.717) is 16.5 Å². The van der Waals surface area contributed by atoms with Gasteiger partial charge < -0.3 is 10.7 Å². The maximum absolute atomic E-state index is 11.5.